The number of carboxylic acid groups (broad SMARTS) is 1. The van der Waals surface area contributed by atoms with Gasteiger partial charge >= 0.3 is 5.97 Å². The molecule has 5 heteroatoms. The molecule has 2 aromatic rings. The predicted molar refractivity (Wildman–Crippen MR) is 96.5 cm³/mol. The molecule has 1 amide bonds. The van der Waals surface area contributed by atoms with E-state index in [0.717, 1.165) is 16.9 Å². The van der Waals surface area contributed by atoms with E-state index in [4.69, 9.17) is 5.11 Å². The zero-order valence-electron chi connectivity index (χ0n) is 13.6. The molecule has 0 aliphatic carbocycles. The van der Waals surface area contributed by atoms with Gasteiger partial charge in [-0.15, -0.1) is 11.8 Å². The molecular weight excluding hydrogens is 322 g/mol. The van der Waals surface area contributed by atoms with Gasteiger partial charge in [0.15, 0.2) is 0 Å². The lowest BCUT2D eigenvalue weighted by Gasteiger charge is -2.14. The molecule has 0 radical (unpaired) electrons. The molecule has 0 bridgehead atoms. The Labute approximate surface area is 146 Å². The normalized spacial score (nSPS) is 11.7. The number of hydrogen-bond acceptors (Lipinski definition) is 3. The van der Waals surface area contributed by atoms with Crippen LogP contribution in [0.4, 0.5) is 0 Å². The second kappa shape index (κ2) is 9.13. The molecule has 0 spiro atoms. The number of hydrogen-bond donors (Lipinski definition) is 2. The van der Waals surface area contributed by atoms with Gasteiger partial charge in [0.25, 0.3) is 0 Å². The van der Waals surface area contributed by atoms with Gasteiger partial charge < -0.3 is 10.4 Å². The van der Waals surface area contributed by atoms with Crippen LogP contribution in [0, 0.1) is 0 Å². The van der Waals surface area contributed by atoms with E-state index < -0.39 is 5.97 Å². The largest absolute Gasteiger partial charge is 0.478 e. The Morgan fingerprint density at radius 1 is 1.12 bits per heavy atom. The Balaban J connectivity index is 1.85. The van der Waals surface area contributed by atoms with E-state index in [1.54, 1.807) is 30.0 Å². The first-order chi connectivity index (χ1) is 11.6. The first kappa shape index (κ1) is 18.1. The van der Waals surface area contributed by atoms with Crippen molar-refractivity contribution in [3.63, 3.8) is 0 Å². The number of carbonyl (C=O) groups excluding carboxylic acids is 1. The minimum atomic E-state index is -0.939. The molecule has 0 heterocycles. The first-order valence-electron chi connectivity index (χ1n) is 7.91. The molecular formula is C19H21NO3S. The number of carboxylic acids is 1. The third-order valence-electron chi connectivity index (χ3n) is 3.57. The Hall–Kier alpha value is -2.27. The maximum absolute atomic E-state index is 12.3. The predicted octanol–water partition coefficient (Wildman–Crippen LogP) is 3.61. The highest BCUT2D eigenvalue weighted by Gasteiger charge is 2.17. The lowest BCUT2D eigenvalue weighted by molar-refractivity contribution is -0.120. The second-order valence-corrected chi connectivity index (χ2v) is 6.65. The van der Waals surface area contributed by atoms with E-state index in [-0.39, 0.29) is 16.7 Å². The highest BCUT2D eigenvalue weighted by atomic mass is 32.2. The number of aromatic carboxylic acids is 1. The van der Waals surface area contributed by atoms with Crippen molar-refractivity contribution in [2.45, 2.75) is 29.9 Å². The molecule has 0 saturated heterocycles. The van der Waals surface area contributed by atoms with E-state index in [2.05, 4.69) is 5.32 Å². The summed E-state index contributed by atoms with van der Waals surface area (Å²) in [5.74, 6) is -0.924. The smallest absolute Gasteiger partial charge is 0.335 e. The van der Waals surface area contributed by atoms with Gasteiger partial charge in [-0.05, 0) is 42.7 Å². The molecule has 2 aromatic carbocycles. The van der Waals surface area contributed by atoms with E-state index in [1.165, 1.54) is 0 Å². The third-order valence-corrected chi connectivity index (χ3v) is 4.95. The lowest BCUT2D eigenvalue weighted by atomic mass is 10.1. The van der Waals surface area contributed by atoms with Crippen LogP contribution < -0.4 is 5.32 Å². The number of carbonyl (C=O) groups is 2. The summed E-state index contributed by atoms with van der Waals surface area (Å²) in [5.41, 5.74) is 1.17. The molecule has 1 unspecified atom stereocenters. The van der Waals surface area contributed by atoms with Crippen molar-refractivity contribution in [3.05, 3.63) is 65.7 Å². The number of thioether (sulfide) groups is 1. The van der Waals surface area contributed by atoms with Crippen molar-refractivity contribution in [1.82, 2.24) is 5.32 Å². The Bertz CT molecular complexity index is 688. The van der Waals surface area contributed by atoms with Gasteiger partial charge in [-0.3, -0.25) is 4.79 Å². The highest BCUT2D eigenvalue weighted by molar-refractivity contribution is 8.00. The molecule has 0 aliphatic rings. The Kier molecular flexibility index (Phi) is 6.88. The van der Waals surface area contributed by atoms with E-state index >= 15 is 0 Å². The fourth-order valence-electron chi connectivity index (χ4n) is 2.29. The fraction of sp³-hybridized carbons (Fsp3) is 0.263. The minimum Gasteiger partial charge on any atom is -0.478 e. The minimum absolute atomic E-state index is 0.0146. The molecule has 0 saturated carbocycles. The van der Waals surface area contributed by atoms with Crippen molar-refractivity contribution in [1.29, 1.82) is 0 Å². The Morgan fingerprint density at radius 3 is 2.54 bits per heavy atom. The number of rotatable bonds is 8. The van der Waals surface area contributed by atoms with Crippen LogP contribution in [0.3, 0.4) is 0 Å². The zero-order valence-corrected chi connectivity index (χ0v) is 14.4. The molecule has 1 atom stereocenters. The summed E-state index contributed by atoms with van der Waals surface area (Å²) in [6.45, 7) is 2.49. The summed E-state index contributed by atoms with van der Waals surface area (Å²) in [7, 11) is 0. The zero-order chi connectivity index (χ0) is 17.4. The monoisotopic (exact) mass is 343 g/mol. The van der Waals surface area contributed by atoms with Crippen LogP contribution in [0.1, 0.15) is 29.3 Å². The van der Waals surface area contributed by atoms with Gasteiger partial charge in [-0.25, -0.2) is 4.79 Å². The van der Waals surface area contributed by atoms with Gasteiger partial charge in [0.1, 0.15) is 0 Å². The van der Waals surface area contributed by atoms with E-state index in [9.17, 15) is 9.59 Å². The second-order valence-electron chi connectivity index (χ2n) is 5.37. The van der Waals surface area contributed by atoms with Crippen LogP contribution >= 0.6 is 11.8 Å². The summed E-state index contributed by atoms with van der Waals surface area (Å²) in [6.07, 6.45) is 1.36. The summed E-state index contributed by atoms with van der Waals surface area (Å²) < 4.78 is 0. The molecule has 126 valence electrons. The summed E-state index contributed by atoms with van der Waals surface area (Å²) in [6, 6.07) is 16.7. The van der Waals surface area contributed by atoms with Crippen LogP contribution in [-0.2, 0) is 11.2 Å². The van der Waals surface area contributed by atoms with Crippen LogP contribution in [0.25, 0.3) is 0 Å². The van der Waals surface area contributed by atoms with Crippen molar-refractivity contribution in [3.8, 4) is 0 Å². The average molecular weight is 343 g/mol. The highest BCUT2D eigenvalue weighted by Crippen LogP contribution is 2.25. The molecule has 2 rings (SSSR count). The van der Waals surface area contributed by atoms with Gasteiger partial charge in [0, 0.05) is 11.4 Å². The van der Waals surface area contributed by atoms with Crippen LogP contribution in [-0.4, -0.2) is 28.8 Å². The van der Waals surface area contributed by atoms with Gasteiger partial charge in [0.05, 0.1) is 10.8 Å². The average Bonchev–Trinajstić information content (AvgIpc) is 2.60. The van der Waals surface area contributed by atoms with Crippen LogP contribution in [0.5, 0.6) is 0 Å². The van der Waals surface area contributed by atoms with E-state index in [0.29, 0.717) is 13.0 Å². The molecule has 4 nitrogen and oxygen atoms in total. The standard InChI is InChI=1S/C19H21NO3S/c1-2-17(24-16-9-4-3-5-10-16)18(21)20-12-11-14-7-6-8-15(13-14)19(22)23/h3-10,13,17H,2,11-12H2,1H3,(H,20,21)(H,22,23). The maximum atomic E-state index is 12.3. The van der Waals surface area contributed by atoms with E-state index in [1.807, 2.05) is 43.3 Å². The molecule has 2 N–H and O–H groups in total. The maximum Gasteiger partial charge on any atom is 0.335 e. The van der Waals surface area contributed by atoms with Crippen molar-refractivity contribution in [2.75, 3.05) is 6.54 Å². The van der Waals surface area contributed by atoms with Crippen LogP contribution in [0.2, 0.25) is 0 Å². The summed E-state index contributed by atoms with van der Waals surface area (Å²) >= 11 is 1.56. The van der Waals surface area contributed by atoms with Crippen molar-refractivity contribution in [2.24, 2.45) is 0 Å². The molecule has 0 fully saturated rings. The van der Waals surface area contributed by atoms with Gasteiger partial charge in [-0.2, -0.15) is 0 Å². The van der Waals surface area contributed by atoms with Gasteiger partial charge in [-0.1, -0.05) is 37.3 Å². The Morgan fingerprint density at radius 2 is 1.88 bits per heavy atom. The molecule has 24 heavy (non-hydrogen) atoms. The van der Waals surface area contributed by atoms with Crippen molar-refractivity contribution >= 4 is 23.6 Å². The topological polar surface area (TPSA) is 66.4 Å². The molecule has 0 aromatic heterocycles. The number of nitrogens with one attached hydrogen (secondary N) is 1. The molecule has 0 aliphatic heterocycles. The lowest BCUT2D eigenvalue weighted by Crippen LogP contribution is -2.33. The third kappa shape index (κ3) is 5.42. The fourth-order valence-corrected chi connectivity index (χ4v) is 3.29. The van der Waals surface area contributed by atoms with Gasteiger partial charge in [0.2, 0.25) is 5.91 Å². The van der Waals surface area contributed by atoms with Crippen LogP contribution in [0.15, 0.2) is 59.5 Å². The summed E-state index contributed by atoms with van der Waals surface area (Å²) in [5, 5.41) is 11.8. The quantitative estimate of drug-likeness (QED) is 0.719. The summed E-state index contributed by atoms with van der Waals surface area (Å²) in [4.78, 5) is 24.4. The first-order valence-corrected chi connectivity index (χ1v) is 8.79. The number of benzene rings is 2. The number of amides is 1. The SMILES string of the molecule is CCC(Sc1ccccc1)C(=O)NCCc1cccc(C(=O)O)c1. The van der Waals surface area contributed by atoms with Crippen molar-refractivity contribution < 1.29 is 14.7 Å².